The van der Waals surface area contributed by atoms with E-state index in [1.807, 2.05) is 13.8 Å². The zero-order valence-electron chi connectivity index (χ0n) is 18.5. The Morgan fingerprint density at radius 1 is 1.15 bits per heavy atom. The zero-order valence-corrected chi connectivity index (χ0v) is 19.3. The first-order valence-corrected chi connectivity index (χ1v) is 11.2. The quantitative estimate of drug-likeness (QED) is 0.424. The lowest BCUT2D eigenvalue weighted by Crippen LogP contribution is -2.23. The summed E-state index contributed by atoms with van der Waals surface area (Å²) in [5.41, 5.74) is 1.06. The van der Waals surface area contributed by atoms with E-state index in [4.69, 9.17) is 9.47 Å². The van der Waals surface area contributed by atoms with E-state index in [0.29, 0.717) is 41.2 Å². The molecule has 0 saturated heterocycles. The number of ether oxygens (including phenoxy) is 2. The number of amides is 2. The van der Waals surface area contributed by atoms with Gasteiger partial charge in [0.1, 0.15) is 17.3 Å². The Morgan fingerprint density at radius 2 is 1.91 bits per heavy atom. The summed E-state index contributed by atoms with van der Waals surface area (Å²) in [4.78, 5) is 30.2. The van der Waals surface area contributed by atoms with Crippen LogP contribution in [0.4, 0.5) is 20.9 Å². The van der Waals surface area contributed by atoms with E-state index in [0.717, 1.165) is 0 Å². The number of hydrogen-bond acceptors (Lipinski definition) is 6. The van der Waals surface area contributed by atoms with Gasteiger partial charge in [0.15, 0.2) is 5.13 Å². The first kappa shape index (κ1) is 23.9. The number of hydrogen-bond donors (Lipinski definition) is 1. The summed E-state index contributed by atoms with van der Waals surface area (Å²) in [7, 11) is 0. The molecule has 1 N–H and O–H groups in total. The Labute approximate surface area is 195 Å². The number of carbonyl (C=O) groups excluding carboxylic acids is 2. The van der Waals surface area contributed by atoms with E-state index in [1.54, 1.807) is 35.7 Å². The first-order valence-electron chi connectivity index (χ1n) is 10.3. The number of thiazole rings is 1. The summed E-state index contributed by atoms with van der Waals surface area (Å²) in [6, 6.07) is 11.2. The molecule has 0 aliphatic carbocycles. The Balaban J connectivity index is 1.76. The maximum absolute atomic E-state index is 14.2. The third-order valence-electron chi connectivity index (χ3n) is 4.33. The number of para-hydroxylation sites is 1. The third kappa shape index (κ3) is 6.17. The summed E-state index contributed by atoms with van der Waals surface area (Å²) in [5.74, 6) is -0.154. The van der Waals surface area contributed by atoms with Crippen LogP contribution in [0.5, 0.6) is 11.5 Å². The van der Waals surface area contributed by atoms with Gasteiger partial charge in [-0.05, 0) is 44.2 Å². The molecule has 0 radical (unpaired) electrons. The van der Waals surface area contributed by atoms with Crippen molar-refractivity contribution in [3.63, 3.8) is 0 Å². The number of carbonyl (C=O) groups is 2. The van der Waals surface area contributed by atoms with Crippen LogP contribution in [0.2, 0.25) is 0 Å². The van der Waals surface area contributed by atoms with Gasteiger partial charge in [-0.15, -0.1) is 11.3 Å². The van der Waals surface area contributed by atoms with Gasteiger partial charge in [0.05, 0.1) is 30.3 Å². The molecule has 1 heterocycles. The largest absolute Gasteiger partial charge is 0.494 e. The summed E-state index contributed by atoms with van der Waals surface area (Å²) < 4.78 is 25.3. The van der Waals surface area contributed by atoms with Crippen LogP contribution in [0.1, 0.15) is 26.5 Å². The lowest BCUT2D eigenvalue weighted by atomic mass is 10.2. The highest BCUT2D eigenvalue weighted by atomic mass is 32.1. The van der Waals surface area contributed by atoms with Gasteiger partial charge in [0.2, 0.25) is 11.8 Å². The number of benzene rings is 2. The lowest BCUT2D eigenvalue weighted by molar-refractivity contribution is -0.116. The van der Waals surface area contributed by atoms with E-state index in [9.17, 15) is 14.0 Å². The molecule has 9 heteroatoms. The molecule has 0 saturated carbocycles. The van der Waals surface area contributed by atoms with Gasteiger partial charge in [0.25, 0.3) is 0 Å². The molecule has 1 aromatic heterocycles. The second kappa shape index (κ2) is 11.2. The van der Waals surface area contributed by atoms with Crippen LogP contribution >= 0.6 is 11.3 Å². The zero-order chi connectivity index (χ0) is 23.8. The van der Waals surface area contributed by atoms with Gasteiger partial charge >= 0.3 is 0 Å². The number of halogens is 1. The molecule has 0 aliphatic rings. The molecular weight excluding hydrogens is 445 g/mol. The van der Waals surface area contributed by atoms with E-state index >= 15 is 0 Å². The predicted octanol–water partition coefficient (Wildman–Crippen LogP) is 5.42. The maximum Gasteiger partial charge on any atom is 0.248 e. The topological polar surface area (TPSA) is 80.8 Å². The van der Waals surface area contributed by atoms with E-state index in [2.05, 4.69) is 10.3 Å². The van der Waals surface area contributed by atoms with Crippen molar-refractivity contribution in [2.45, 2.75) is 20.8 Å². The molecule has 0 bridgehead atoms. The smallest absolute Gasteiger partial charge is 0.248 e. The van der Waals surface area contributed by atoms with Crippen molar-refractivity contribution < 1.29 is 23.5 Å². The monoisotopic (exact) mass is 469 g/mol. The van der Waals surface area contributed by atoms with Crippen LogP contribution in [-0.2, 0) is 9.59 Å². The van der Waals surface area contributed by atoms with Crippen LogP contribution in [-0.4, -0.2) is 30.0 Å². The van der Waals surface area contributed by atoms with Crippen LogP contribution in [0, 0.1) is 5.82 Å². The number of anilines is 3. The molecule has 3 rings (SSSR count). The minimum Gasteiger partial charge on any atom is -0.494 e. The summed E-state index contributed by atoms with van der Waals surface area (Å²) in [5, 5.41) is 4.76. The fourth-order valence-corrected chi connectivity index (χ4v) is 3.82. The fourth-order valence-electron chi connectivity index (χ4n) is 2.98. The Bertz CT molecular complexity index is 1160. The van der Waals surface area contributed by atoms with Crippen molar-refractivity contribution in [3.8, 4) is 11.5 Å². The van der Waals surface area contributed by atoms with Crippen molar-refractivity contribution in [3.05, 3.63) is 65.4 Å². The van der Waals surface area contributed by atoms with Gasteiger partial charge in [-0.1, -0.05) is 12.1 Å². The number of rotatable bonds is 9. The van der Waals surface area contributed by atoms with E-state index in [1.165, 1.54) is 47.4 Å². The second-order valence-corrected chi connectivity index (χ2v) is 7.54. The number of nitrogens with one attached hydrogen (secondary N) is 1. The average Bonchev–Trinajstić information content (AvgIpc) is 3.24. The van der Waals surface area contributed by atoms with Crippen molar-refractivity contribution >= 4 is 45.7 Å². The first-order chi connectivity index (χ1) is 15.9. The highest BCUT2D eigenvalue weighted by Crippen LogP contribution is 2.31. The molecule has 0 unspecified atom stereocenters. The summed E-state index contributed by atoms with van der Waals surface area (Å²) in [6.45, 7) is 6.01. The normalized spacial score (nSPS) is 10.8. The van der Waals surface area contributed by atoms with Gasteiger partial charge < -0.3 is 14.8 Å². The Morgan fingerprint density at radius 3 is 2.61 bits per heavy atom. The summed E-state index contributed by atoms with van der Waals surface area (Å²) >= 11 is 1.17. The lowest BCUT2D eigenvalue weighted by Gasteiger charge is -2.18. The van der Waals surface area contributed by atoms with Crippen molar-refractivity contribution in [1.29, 1.82) is 0 Å². The van der Waals surface area contributed by atoms with Gasteiger partial charge in [-0.25, -0.2) is 9.37 Å². The minimum absolute atomic E-state index is 0.116. The number of aromatic nitrogens is 1. The molecule has 3 aromatic rings. The minimum atomic E-state index is -0.529. The van der Waals surface area contributed by atoms with Crippen LogP contribution in [0.3, 0.4) is 0 Å². The average molecular weight is 470 g/mol. The number of nitrogens with zero attached hydrogens (tertiary/aromatic N) is 2. The van der Waals surface area contributed by atoms with Crippen LogP contribution in [0.25, 0.3) is 6.08 Å². The highest BCUT2D eigenvalue weighted by molar-refractivity contribution is 7.14. The molecule has 2 amide bonds. The van der Waals surface area contributed by atoms with Crippen molar-refractivity contribution in [1.82, 2.24) is 4.98 Å². The van der Waals surface area contributed by atoms with Gasteiger partial charge in [-0.3, -0.25) is 14.5 Å². The van der Waals surface area contributed by atoms with Crippen molar-refractivity contribution in [2.24, 2.45) is 0 Å². The molecule has 0 atom stereocenters. The molecule has 2 aromatic carbocycles. The molecular formula is C24H24FN3O4S. The Hall–Kier alpha value is -3.72. The van der Waals surface area contributed by atoms with Crippen molar-refractivity contribution in [2.75, 3.05) is 23.4 Å². The summed E-state index contributed by atoms with van der Waals surface area (Å²) in [6.07, 6.45) is 2.84. The highest BCUT2D eigenvalue weighted by Gasteiger charge is 2.20. The standard InChI is InChI=1S/C24H24FN3O4S/c1-4-31-18-11-12-22(32-5-2)20(14-18)27-23(30)13-10-17-15-33-24(26-17)28(16(3)29)21-9-7-6-8-19(21)25/h6-15H,4-5H2,1-3H3,(H,27,30)/b13-10+. The van der Waals surface area contributed by atoms with E-state index in [-0.39, 0.29) is 11.6 Å². The van der Waals surface area contributed by atoms with Gasteiger partial charge in [0, 0.05) is 24.4 Å². The molecule has 172 valence electrons. The van der Waals surface area contributed by atoms with E-state index < -0.39 is 11.7 Å². The Kier molecular flexibility index (Phi) is 8.15. The maximum atomic E-state index is 14.2. The molecule has 0 aliphatic heterocycles. The molecule has 33 heavy (non-hydrogen) atoms. The third-order valence-corrected chi connectivity index (χ3v) is 5.18. The van der Waals surface area contributed by atoms with Crippen LogP contribution < -0.4 is 19.7 Å². The molecule has 0 fully saturated rings. The van der Waals surface area contributed by atoms with Crippen LogP contribution in [0.15, 0.2) is 53.9 Å². The van der Waals surface area contributed by atoms with Gasteiger partial charge in [-0.2, -0.15) is 0 Å². The predicted molar refractivity (Wildman–Crippen MR) is 128 cm³/mol. The SMILES string of the molecule is CCOc1ccc(OCC)c(NC(=O)/C=C/c2csc(N(C(C)=O)c3ccccc3F)n2)c1. The molecule has 0 spiro atoms. The molecule has 7 nitrogen and oxygen atoms in total. The fraction of sp³-hybridized carbons (Fsp3) is 0.208. The second-order valence-electron chi connectivity index (χ2n) is 6.71.